The number of phosphoric acid groups is 1. The number of hydrogen-bond donors (Lipinski definition) is 2. The van der Waals surface area contributed by atoms with Crippen LogP contribution in [0.25, 0.3) is 0 Å². The Morgan fingerprint density at radius 3 is 1.43 bits per heavy atom. The molecule has 56 heavy (non-hydrogen) atoms. The lowest BCUT2D eigenvalue weighted by molar-refractivity contribution is -0.870. The summed E-state index contributed by atoms with van der Waals surface area (Å²) >= 11 is 0. The van der Waals surface area contributed by atoms with E-state index in [1.165, 1.54) is 135 Å². The van der Waals surface area contributed by atoms with Crippen LogP contribution in [0.4, 0.5) is 0 Å². The van der Waals surface area contributed by atoms with Gasteiger partial charge in [-0.3, -0.25) is 9.36 Å². The quantitative estimate of drug-likeness (QED) is 0.0275. The Hall–Kier alpha value is -1.28. The van der Waals surface area contributed by atoms with Crippen LogP contribution in [0.2, 0.25) is 0 Å². The molecule has 1 amide bonds. The highest BCUT2D eigenvalue weighted by atomic mass is 31.2. The summed E-state index contributed by atoms with van der Waals surface area (Å²) in [5.41, 5.74) is 0. The molecule has 0 aliphatic heterocycles. The fourth-order valence-electron chi connectivity index (χ4n) is 6.66. The number of rotatable bonds is 42. The monoisotopic (exact) mass is 811 g/mol. The van der Waals surface area contributed by atoms with Crippen molar-refractivity contribution in [1.82, 2.24) is 5.32 Å². The van der Waals surface area contributed by atoms with Crippen molar-refractivity contribution in [3.8, 4) is 0 Å². The van der Waals surface area contributed by atoms with Gasteiger partial charge in [-0.05, 0) is 38.5 Å². The van der Waals surface area contributed by atoms with Gasteiger partial charge in [-0.1, -0.05) is 198 Å². The average molecular weight is 811 g/mol. The van der Waals surface area contributed by atoms with Gasteiger partial charge in [0.25, 0.3) is 7.82 Å². The minimum absolute atomic E-state index is 0.00820. The van der Waals surface area contributed by atoms with Crippen molar-refractivity contribution in [2.45, 2.75) is 219 Å². The van der Waals surface area contributed by atoms with E-state index < -0.39 is 26.6 Å². The van der Waals surface area contributed by atoms with Crippen LogP contribution in [0.15, 0.2) is 36.5 Å². The molecule has 2 N–H and O–H groups in total. The predicted molar refractivity (Wildman–Crippen MR) is 238 cm³/mol. The number of carbonyl (C=O) groups excluding carboxylic acids is 1. The number of unbranched alkanes of at least 4 members (excludes halogenated alkanes) is 25. The maximum atomic E-state index is 12.8. The molecule has 0 aliphatic rings. The average Bonchev–Trinajstić information content (AvgIpc) is 3.15. The Morgan fingerprint density at radius 1 is 0.625 bits per heavy atom. The van der Waals surface area contributed by atoms with Crippen LogP contribution in [-0.2, 0) is 18.4 Å². The summed E-state index contributed by atoms with van der Waals surface area (Å²) in [7, 11) is 1.24. The second-order valence-corrected chi connectivity index (χ2v) is 18.5. The number of carbonyl (C=O) groups is 1. The first-order chi connectivity index (χ1) is 27.0. The van der Waals surface area contributed by atoms with Crippen LogP contribution in [0, 0.1) is 0 Å². The van der Waals surface area contributed by atoms with Gasteiger partial charge in [-0.25, -0.2) is 0 Å². The molecular weight excluding hydrogens is 719 g/mol. The van der Waals surface area contributed by atoms with Crippen molar-refractivity contribution in [3.63, 3.8) is 0 Å². The summed E-state index contributed by atoms with van der Waals surface area (Å²) in [6, 6.07) is -0.904. The first-order valence-electron chi connectivity index (χ1n) is 23.4. The third kappa shape index (κ3) is 40.9. The lowest BCUT2D eigenvalue weighted by Crippen LogP contribution is -2.45. The molecule has 0 aromatic heterocycles. The lowest BCUT2D eigenvalue weighted by atomic mass is 10.0. The maximum absolute atomic E-state index is 12.8. The van der Waals surface area contributed by atoms with Gasteiger partial charge in [0.15, 0.2) is 0 Å². The minimum Gasteiger partial charge on any atom is -0.756 e. The molecule has 0 rings (SSSR count). The molecule has 0 heterocycles. The number of likely N-dealkylation sites (N-methyl/N-ethyl adjacent to an activating group) is 1. The van der Waals surface area contributed by atoms with Crippen molar-refractivity contribution >= 4 is 13.7 Å². The number of nitrogens with one attached hydrogen (secondary N) is 1. The van der Waals surface area contributed by atoms with Gasteiger partial charge >= 0.3 is 0 Å². The summed E-state index contributed by atoms with van der Waals surface area (Å²) < 4.78 is 23.1. The molecule has 0 saturated heterocycles. The number of aliphatic hydroxyl groups is 1. The van der Waals surface area contributed by atoms with Crippen LogP contribution < -0.4 is 10.2 Å². The summed E-state index contributed by atoms with van der Waals surface area (Å²) in [6.07, 6.45) is 48.0. The first kappa shape index (κ1) is 54.7. The largest absolute Gasteiger partial charge is 0.756 e. The SMILES string of the molecule is CC/C=C/CC/C=C/CC/C=C/C(O)C(COP(=O)([O-])OCC[N+](C)(C)C)NC(=O)CCCCCCCCCCCCCCCCCCCCCCCCCC. The van der Waals surface area contributed by atoms with Gasteiger partial charge < -0.3 is 28.8 Å². The van der Waals surface area contributed by atoms with E-state index in [0.717, 1.165) is 51.4 Å². The third-order valence-electron chi connectivity index (χ3n) is 10.3. The highest BCUT2D eigenvalue weighted by Gasteiger charge is 2.23. The zero-order valence-corrected chi connectivity index (χ0v) is 38.2. The highest BCUT2D eigenvalue weighted by Crippen LogP contribution is 2.38. The smallest absolute Gasteiger partial charge is 0.268 e. The van der Waals surface area contributed by atoms with Gasteiger partial charge in [0, 0.05) is 6.42 Å². The zero-order chi connectivity index (χ0) is 41.4. The van der Waals surface area contributed by atoms with E-state index in [-0.39, 0.29) is 12.5 Å². The number of aliphatic hydroxyl groups excluding tert-OH is 1. The molecule has 0 aromatic carbocycles. The molecule has 8 nitrogen and oxygen atoms in total. The van der Waals surface area contributed by atoms with E-state index in [1.54, 1.807) is 6.08 Å². The Balaban J connectivity index is 4.17. The van der Waals surface area contributed by atoms with E-state index in [2.05, 4.69) is 43.5 Å². The van der Waals surface area contributed by atoms with Crippen LogP contribution in [-0.4, -0.2) is 68.5 Å². The summed E-state index contributed by atoms with van der Waals surface area (Å²) in [5, 5.41) is 13.7. The van der Waals surface area contributed by atoms with Crippen LogP contribution in [0.3, 0.4) is 0 Å². The van der Waals surface area contributed by atoms with Gasteiger partial charge in [0.2, 0.25) is 5.91 Å². The molecule has 9 heteroatoms. The van der Waals surface area contributed by atoms with Gasteiger partial charge in [-0.15, -0.1) is 0 Å². The number of quaternary nitrogens is 1. The fraction of sp³-hybridized carbons (Fsp3) is 0.851. The molecule has 3 atom stereocenters. The van der Waals surface area contributed by atoms with Crippen molar-refractivity contribution in [2.24, 2.45) is 0 Å². The van der Waals surface area contributed by atoms with Crippen LogP contribution in [0.5, 0.6) is 0 Å². The predicted octanol–water partition coefficient (Wildman–Crippen LogP) is 12.5. The number of phosphoric ester groups is 1. The maximum Gasteiger partial charge on any atom is 0.268 e. The Labute approximate surface area is 347 Å². The fourth-order valence-corrected chi connectivity index (χ4v) is 7.39. The van der Waals surface area contributed by atoms with E-state index in [1.807, 2.05) is 27.2 Å². The molecule has 0 aliphatic carbocycles. The second kappa shape index (κ2) is 39.2. The Kier molecular flexibility index (Phi) is 38.3. The lowest BCUT2D eigenvalue weighted by Gasteiger charge is -2.29. The molecular formula is C47H91N2O6P. The summed E-state index contributed by atoms with van der Waals surface area (Å²) in [6.45, 7) is 4.50. The molecule has 0 saturated carbocycles. The van der Waals surface area contributed by atoms with Crippen molar-refractivity contribution < 1.29 is 32.9 Å². The van der Waals surface area contributed by atoms with E-state index >= 15 is 0 Å². The van der Waals surface area contributed by atoms with Gasteiger partial charge in [-0.2, -0.15) is 0 Å². The van der Waals surface area contributed by atoms with Crippen molar-refractivity contribution in [1.29, 1.82) is 0 Å². The van der Waals surface area contributed by atoms with Gasteiger partial charge in [0.1, 0.15) is 13.2 Å². The van der Waals surface area contributed by atoms with E-state index in [9.17, 15) is 19.4 Å². The second-order valence-electron chi connectivity index (χ2n) is 17.1. The van der Waals surface area contributed by atoms with E-state index in [0.29, 0.717) is 17.4 Å². The highest BCUT2D eigenvalue weighted by molar-refractivity contribution is 7.45. The first-order valence-corrected chi connectivity index (χ1v) is 24.8. The number of hydrogen-bond acceptors (Lipinski definition) is 6. The Morgan fingerprint density at radius 2 is 1.02 bits per heavy atom. The summed E-state index contributed by atoms with van der Waals surface area (Å²) in [4.78, 5) is 25.2. The number of nitrogens with zero attached hydrogens (tertiary/aromatic N) is 1. The molecule has 0 radical (unpaired) electrons. The molecule has 0 fully saturated rings. The standard InChI is InChI=1S/C47H91N2O6P/c1-6-8-10-12-14-16-18-19-20-21-22-23-24-25-26-27-28-29-30-31-33-35-37-39-41-47(51)48-45(44-55-56(52,53)54-43-42-49(3,4)5)46(50)40-38-36-34-32-17-15-13-11-9-7-2/h9,11,17,32,38,40,45-46,50H,6-8,10,12-16,18-31,33-37,39,41-44H2,1-5H3,(H-,48,51,52,53)/b11-9+,32-17+,40-38+. The number of amides is 1. The van der Waals surface area contributed by atoms with E-state index in [4.69, 9.17) is 9.05 Å². The number of allylic oxidation sites excluding steroid dienone is 5. The molecule has 0 spiro atoms. The van der Waals surface area contributed by atoms with Crippen LogP contribution in [0.1, 0.15) is 206 Å². The zero-order valence-electron chi connectivity index (χ0n) is 37.3. The topological polar surface area (TPSA) is 108 Å². The molecule has 0 bridgehead atoms. The van der Waals surface area contributed by atoms with Gasteiger partial charge in [0.05, 0.1) is 39.9 Å². The molecule has 0 aromatic rings. The van der Waals surface area contributed by atoms with Crippen molar-refractivity contribution in [3.05, 3.63) is 36.5 Å². The summed E-state index contributed by atoms with van der Waals surface area (Å²) in [5.74, 6) is -0.211. The van der Waals surface area contributed by atoms with Crippen LogP contribution >= 0.6 is 7.82 Å². The third-order valence-corrected chi connectivity index (χ3v) is 11.3. The molecule has 330 valence electrons. The Bertz CT molecular complexity index is 1010. The minimum atomic E-state index is -4.59. The molecule has 3 unspecified atom stereocenters. The van der Waals surface area contributed by atoms with Crippen molar-refractivity contribution in [2.75, 3.05) is 40.9 Å². The normalized spacial score (nSPS) is 14.6.